The van der Waals surface area contributed by atoms with E-state index in [1.807, 2.05) is 48.1 Å². The number of nitrogens with one attached hydrogen (secondary N) is 1. The van der Waals surface area contributed by atoms with Crippen LogP contribution in [0.2, 0.25) is 0 Å². The van der Waals surface area contributed by atoms with Gasteiger partial charge in [0.15, 0.2) is 5.13 Å². The molecule has 0 saturated carbocycles. The molecule has 8 heteroatoms. The number of aromatic nitrogens is 2. The third kappa shape index (κ3) is 4.04. The van der Waals surface area contributed by atoms with Crippen LogP contribution in [0.3, 0.4) is 0 Å². The van der Waals surface area contributed by atoms with Gasteiger partial charge in [-0.3, -0.25) is 9.36 Å². The zero-order valence-corrected chi connectivity index (χ0v) is 18.2. The van der Waals surface area contributed by atoms with Gasteiger partial charge in [-0.2, -0.15) is 0 Å². The Morgan fingerprint density at radius 2 is 2.07 bits per heavy atom. The van der Waals surface area contributed by atoms with Gasteiger partial charge in [-0.05, 0) is 62.4 Å². The Morgan fingerprint density at radius 1 is 1.29 bits per heavy atom. The highest BCUT2D eigenvalue weighted by Gasteiger charge is 2.24. The molecule has 0 radical (unpaired) electrons. The molecule has 2 heterocycles. The first-order valence-corrected chi connectivity index (χ1v) is 9.70. The monoisotopic (exact) mass is 438 g/mol. The van der Waals surface area contributed by atoms with Gasteiger partial charge in [0.1, 0.15) is 0 Å². The molecule has 4 rings (SSSR count). The van der Waals surface area contributed by atoms with Gasteiger partial charge in [0.2, 0.25) is 0 Å². The number of nitrogen functional groups attached to an aromatic ring is 1. The van der Waals surface area contributed by atoms with Crippen molar-refractivity contribution in [2.75, 3.05) is 5.73 Å². The molecule has 0 saturated heterocycles. The van der Waals surface area contributed by atoms with Gasteiger partial charge in [-0.1, -0.05) is 6.07 Å². The van der Waals surface area contributed by atoms with Gasteiger partial charge in [-0.25, -0.2) is 4.98 Å². The maximum Gasteiger partial charge on any atom is 0.253 e. The summed E-state index contributed by atoms with van der Waals surface area (Å²) in [6.45, 7) is 3.97. The zero-order valence-electron chi connectivity index (χ0n) is 15.8. The highest BCUT2D eigenvalue weighted by molar-refractivity contribution is 7.12. The summed E-state index contributed by atoms with van der Waals surface area (Å²) in [6, 6.07) is 7.97. The number of nitrogens with two attached hydrogens (primary N) is 1. The Kier molecular flexibility index (Phi) is 7.15. The number of anilines is 1. The Balaban J connectivity index is 0.00000140. The molecular weight excluding hydrogens is 415 g/mol. The van der Waals surface area contributed by atoms with E-state index in [1.165, 1.54) is 11.1 Å². The summed E-state index contributed by atoms with van der Waals surface area (Å²) in [5.41, 5.74) is 11.8. The lowest BCUT2D eigenvalue weighted by Gasteiger charge is -2.26. The molecule has 3 N–H and O–H groups in total. The number of hydrogen-bond donors (Lipinski definition) is 2. The summed E-state index contributed by atoms with van der Waals surface area (Å²) in [7, 11) is 0. The number of halogens is 2. The van der Waals surface area contributed by atoms with Gasteiger partial charge in [-0.15, -0.1) is 36.2 Å². The van der Waals surface area contributed by atoms with Gasteiger partial charge < -0.3 is 11.1 Å². The zero-order chi connectivity index (χ0) is 18.3. The molecule has 3 aromatic rings. The minimum Gasteiger partial charge on any atom is -0.399 e. The number of thiazole rings is 1. The normalized spacial score (nSPS) is 15.1. The largest absolute Gasteiger partial charge is 0.399 e. The number of nitrogens with zero attached hydrogens (tertiary/aromatic N) is 2. The maximum atomic E-state index is 13.0. The van der Waals surface area contributed by atoms with Gasteiger partial charge in [0, 0.05) is 28.7 Å². The van der Waals surface area contributed by atoms with Crippen molar-refractivity contribution in [1.29, 1.82) is 0 Å². The minimum absolute atomic E-state index is 0. The third-order valence-corrected chi connectivity index (χ3v) is 5.83. The van der Waals surface area contributed by atoms with Crippen LogP contribution >= 0.6 is 36.2 Å². The number of carbonyl (C=O) groups excluding carboxylic acids is 1. The van der Waals surface area contributed by atoms with Crippen molar-refractivity contribution in [1.82, 2.24) is 14.9 Å². The number of fused-ring (bicyclic) bond motifs is 1. The lowest BCUT2D eigenvalue weighted by atomic mass is 9.87. The van der Waals surface area contributed by atoms with Crippen LogP contribution < -0.4 is 11.1 Å². The maximum absolute atomic E-state index is 13.0. The fraction of sp³-hybridized carbons (Fsp3) is 0.300. The summed E-state index contributed by atoms with van der Waals surface area (Å²) in [5.74, 6) is -0.0319. The van der Waals surface area contributed by atoms with E-state index >= 15 is 0 Å². The molecule has 0 bridgehead atoms. The number of rotatable bonds is 3. The molecule has 2 aromatic heterocycles. The van der Waals surface area contributed by atoms with E-state index in [-0.39, 0.29) is 36.8 Å². The summed E-state index contributed by atoms with van der Waals surface area (Å²) in [6.07, 6.45) is 4.81. The molecule has 150 valence electrons. The molecule has 1 aromatic carbocycles. The van der Waals surface area contributed by atoms with Crippen LogP contribution in [-0.2, 0) is 6.42 Å². The molecule has 1 unspecified atom stereocenters. The molecule has 5 nitrogen and oxygen atoms in total. The second kappa shape index (κ2) is 8.99. The van der Waals surface area contributed by atoms with E-state index in [1.54, 1.807) is 17.5 Å². The lowest BCUT2D eigenvalue weighted by molar-refractivity contribution is 0.0932. The van der Waals surface area contributed by atoms with Crippen LogP contribution in [0.1, 0.15) is 51.8 Å². The van der Waals surface area contributed by atoms with E-state index in [0.29, 0.717) is 5.56 Å². The Hall–Kier alpha value is -2.02. The lowest BCUT2D eigenvalue weighted by Crippen LogP contribution is -2.31. The van der Waals surface area contributed by atoms with E-state index in [4.69, 9.17) is 5.73 Å². The van der Waals surface area contributed by atoms with Gasteiger partial charge >= 0.3 is 0 Å². The molecule has 1 amide bonds. The van der Waals surface area contributed by atoms with Crippen LogP contribution in [0.5, 0.6) is 0 Å². The first kappa shape index (κ1) is 22.3. The number of hydrogen-bond acceptors (Lipinski definition) is 4. The fourth-order valence-electron chi connectivity index (χ4n) is 3.83. The van der Waals surface area contributed by atoms with Gasteiger partial charge in [0.05, 0.1) is 11.6 Å². The van der Waals surface area contributed by atoms with E-state index in [9.17, 15) is 4.79 Å². The minimum atomic E-state index is -0.0319. The SMILES string of the molecule is Cc1cc(C(=O)NC2CCCc3cc(N)ccc32)c(C)n1-c1nccs1.Cl.Cl. The summed E-state index contributed by atoms with van der Waals surface area (Å²) in [4.78, 5) is 17.4. The Labute approximate surface area is 181 Å². The fourth-order valence-corrected chi connectivity index (χ4v) is 4.59. The van der Waals surface area contributed by atoms with Crippen molar-refractivity contribution in [2.45, 2.75) is 39.2 Å². The number of aryl methyl sites for hydroxylation is 2. The first-order valence-electron chi connectivity index (χ1n) is 8.82. The quantitative estimate of drug-likeness (QED) is 0.577. The molecular formula is C20H24Cl2N4OS. The molecule has 1 aliphatic rings. The number of amides is 1. The molecule has 1 atom stereocenters. The number of carbonyl (C=O) groups is 1. The van der Waals surface area contributed by atoms with Crippen molar-refractivity contribution < 1.29 is 4.79 Å². The van der Waals surface area contributed by atoms with Crippen LogP contribution in [0, 0.1) is 13.8 Å². The first-order chi connectivity index (χ1) is 12.5. The van der Waals surface area contributed by atoms with E-state index in [0.717, 1.165) is 41.5 Å². The molecule has 0 fully saturated rings. The van der Waals surface area contributed by atoms with E-state index < -0.39 is 0 Å². The summed E-state index contributed by atoms with van der Waals surface area (Å²) in [5, 5.41) is 6.06. The van der Waals surface area contributed by atoms with Gasteiger partial charge in [0.25, 0.3) is 5.91 Å². The Morgan fingerprint density at radius 3 is 2.79 bits per heavy atom. The number of benzene rings is 1. The van der Waals surface area contributed by atoms with Crippen molar-refractivity contribution in [3.8, 4) is 5.13 Å². The van der Waals surface area contributed by atoms with Crippen molar-refractivity contribution in [2.24, 2.45) is 0 Å². The predicted molar refractivity (Wildman–Crippen MR) is 119 cm³/mol. The van der Waals surface area contributed by atoms with Crippen LogP contribution in [0.25, 0.3) is 5.13 Å². The van der Waals surface area contributed by atoms with E-state index in [2.05, 4.69) is 10.3 Å². The summed E-state index contributed by atoms with van der Waals surface area (Å²) >= 11 is 1.57. The average molecular weight is 439 g/mol. The second-order valence-electron chi connectivity index (χ2n) is 6.81. The molecule has 0 spiro atoms. The standard InChI is InChI=1S/C20H22N4OS.2ClH/c1-12-10-17(13(2)24(12)20-22-8-9-26-20)19(25)23-18-5-3-4-14-11-15(21)6-7-16(14)18;;/h6-11,18H,3-5,21H2,1-2H3,(H,23,25);2*1H. The smallest absolute Gasteiger partial charge is 0.253 e. The third-order valence-electron chi connectivity index (χ3n) is 5.07. The van der Waals surface area contributed by atoms with Crippen molar-refractivity contribution in [3.05, 3.63) is 63.9 Å². The van der Waals surface area contributed by atoms with Crippen LogP contribution in [-0.4, -0.2) is 15.5 Å². The highest BCUT2D eigenvalue weighted by atomic mass is 35.5. The van der Waals surface area contributed by atoms with Crippen molar-refractivity contribution >= 4 is 47.7 Å². The highest BCUT2D eigenvalue weighted by Crippen LogP contribution is 2.31. The second-order valence-corrected chi connectivity index (χ2v) is 7.68. The predicted octanol–water partition coefficient (Wildman–Crippen LogP) is 4.78. The van der Waals surface area contributed by atoms with Crippen molar-refractivity contribution in [3.63, 3.8) is 0 Å². The van der Waals surface area contributed by atoms with Crippen LogP contribution in [0.4, 0.5) is 5.69 Å². The topological polar surface area (TPSA) is 72.9 Å². The molecule has 0 aliphatic heterocycles. The molecule has 1 aliphatic carbocycles. The molecule has 28 heavy (non-hydrogen) atoms. The Bertz CT molecular complexity index is 969. The average Bonchev–Trinajstić information content (AvgIpc) is 3.22. The summed E-state index contributed by atoms with van der Waals surface area (Å²) < 4.78 is 2.04. The van der Waals surface area contributed by atoms with Crippen LogP contribution in [0.15, 0.2) is 35.8 Å².